The fraction of sp³-hybridized carbons (Fsp3) is 0.941. The molecule has 0 unspecified atom stereocenters. The maximum Gasteiger partial charge on any atom is 0.0870 e. The average molecular weight is 511 g/mol. The molecule has 36 heavy (non-hydrogen) atoms. The Morgan fingerprint density at radius 1 is 0.361 bits per heavy atom. The van der Waals surface area contributed by atoms with Crippen LogP contribution >= 0.6 is 0 Å². The molecule has 0 radical (unpaired) electrons. The smallest absolute Gasteiger partial charge is 0.0870 e. The molecule has 0 saturated carbocycles. The molecule has 0 aliphatic heterocycles. The van der Waals surface area contributed by atoms with Crippen LogP contribution in [0.4, 0.5) is 0 Å². The number of allylic oxidation sites excluding steroid dienone is 1. The Bertz CT molecular complexity index is 340. The zero-order valence-electron chi connectivity index (χ0n) is 25.8. The van der Waals surface area contributed by atoms with E-state index in [-0.39, 0.29) is 0 Å². The van der Waals surface area contributed by atoms with Gasteiger partial charge in [-0.25, -0.2) is 0 Å². The SMILES string of the molecule is CC=COCCC.CCCCCCCCCCCCCCOCCCCCCCCCCCCCC. The second-order valence-electron chi connectivity index (χ2n) is 10.7. The van der Waals surface area contributed by atoms with Crippen LogP contribution in [0.3, 0.4) is 0 Å². The Labute approximate surface area is 229 Å². The van der Waals surface area contributed by atoms with E-state index in [0.717, 1.165) is 26.2 Å². The lowest BCUT2D eigenvalue weighted by Crippen LogP contribution is -1.97. The summed E-state index contributed by atoms with van der Waals surface area (Å²) in [7, 11) is 0. The van der Waals surface area contributed by atoms with Crippen LogP contribution < -0.4 is 0 Å². The van der Waals surface area contributed by atoms with E-state index in [0.29, 0.717) is 0 Å². The highest BCUT2D eigenvalue weighted by molar-refractivity contribution is 4.64. The van der Waals surface area contributed by atoms with E-state index in [4.69, 9.17) is 9.47 Å². The molecule has 0 bridgehead atoms. The molecule has 0 rings (SSSR count). The standard InChI is InChI=1S/C28H58O.C6H12O/c1-3-5-7-9-11-13-15-17-19-21-23-25-27-29-28-26-24-22-20-18-16-14-12-10-8-6-4-2;1-3-5-7-6-4-2/h3-28H2,1-2H3;3,5H,4,6H2,1-2H3. The molecule has 0 aromatic rings. The van der Waals surface area contributed by atoms with Crippen molar-refractivity contribution in [3.63, 3.8) is 0 Å². The van der Waals surface area contributed by atoms with Gasteiger partial charge in [0.2, 0.25) is 0 Å². The molecule has 0 aliphatic rings. The van der Waals surface area contributed by atoms with Gasteiger partial charge in [0.1, 0.15) is 0 Å². The molecule has 0 aromatic carbocycles. The number of unbranched alkanes of at least 4 members (excludes halogenated alkanes) is 22. The van der Waals surface area contributed by atoms with Crippen molar-refractivity contribution >= 4 is 0 Å². The van der Waals surface area contributed by atoms with E-state index in [1.807, 2.05) is 13.0 Å². The first-order chi connectivity index (χ1) is 17.8. The minimum absolute atomic E-state index is 0.838. The summed E-state index contributed by atoms with van der Waals surface area (Å²) in [5, 5.41) is 0. The van der Waals surface area contributed by atoms with Crippen molar-refractivity contribution in [1.82, 2.24) is 0 Å². The van der Waals surface area contributed by atoms with Gasteiger partial charge in [-0.3, -0.25) is 0 Å². The highest BCUT2D eigenvalue weighted by Gasteiger charge is 1.96. The van der Waals surface area contributed by atoms with E-state index in [2.05, 4.69) is 20.8 Å². The fourth-order valence-electron chi connectivity index (χ4n) is 4.47. The predicted molar refractivity (Wildman–Crippen MR) is 164 cm³/mol. The molecular formula is C34H70O2. The maximum atomic E-state index is 5.82. The van der Waals surface area contributed by atoms with Crippen molar-refractivity contribution < 1.29 is 9.47 Å². The molecule has 0 spiro atoms. The molecule has 218 valence electrons. The summed E-state index contributed by atoms with van der Waals surface area (Å²) in [6.07, 6.45) is 38.8. The van der Waals surface area contributed by atoms with Crippen LogP contribution in [0.5, 0.6) is 0 Å². The lowest BCUT2D eigenvalue weighted by Gasteiger charge is -2.05. The van der Waals surface area contributed by atoms with Crippen molar-refractivity contribution in [2.24, 2.45) is 0 Å². The second kappa shape index (κ2) is 39.0. The third-order valence-corrected chi connectivity index (χ3v) is 6.84. The van der Waals surface area contributed by atoms with E-state index in [1.165, 1.54) is 154 Å². The Morgan fingerprint density at radius 3 is 0.944 bits per heavy atom. The minimum atomic E-state index is 0.838. The Morgan fingerprint density at radius 2 is 0.667 bits per heavy atom. The molecule has 0 aliphatic carbocycles. The van der Waals surface area contributed by atoms with E-state index < -0.39 is 0 Å². The monoisotopic (exact) mass is 511 g/mol. The summed E-state index contributed by atoms with van der Waals surface area (Å²) < 4.78 is 10.8. The van der Waals surface area contributed by atoms with Crippen LogP contribution in [0.1, 0.15) is 188 Å². The Hall–Kier alpha value is -0.500. The topological polar surface area (TPSA) is 18.5 Å². The lowest BCUT2D eigenvalue weighted by molar-refractivity contribution is 0.125. The highest BCUT2D eigenvalue weighted by Crippen LogP contribution is 2.13. The molecule has 0 amide bonds. The van der Waals surface area contributed by atoms with Crippen LogP contribution in [-0.4, -0.2) is 19.8 Å². The molecule has 2 nitrogen and oxygen atoms in total. The third kappa shape index (κ3) is 40.7. The molecule has 2 heteroatoms. The van der Waals surface area contributed by atoms with Gasteiger partial charge in [-0.1, -0.05) is 168 Å². The summed E-state index contributed by atoms with van der Waals surface area (Å²) in [5.41, 5.74) is 0. The fourth-order valence-corrected chi connectivity index (χ4v) is 4.47. The van der Waals surface area contributed by atoms with Crippen molar-refractivity contribution in [2.75, 3.05) is 19.8 Å². The van der Waals surface area contributed by atoms with E-state index in [9.17, 15) is 0 Å². The summed E-state index contributed by atoms with van der Waals surface area (Å²) in [6, 6.07) is 0. The van der Waals surface area contributed by atoms with Gasteiger partial charge in [-0.2, -0.15) is 0 Å². The van der Waals surface area contributed by atoms with Crippen LogP contribution in [0.2, 0.25) is 0 Å². The van der Waals surface area contributed by atoms with Crippen molar-refractivity contribution in [2.45, 2.75) is 188 Å². The summed E-state index contributed by atoms with van der Waals surface area (Å²) in [4.78, 5) is 0. The largest absolute Gasteiger partial charge is 0.502 e. The van der Waals surface area contributed by atoms with Gasteiger partial charge >= 0.3 is 0 Å². The highest BCUT2D eigenvalue weighted by atomic mass is 16.5. The van der Waals surface area contributed by atoms with Crippen molar-refractivity contribution in [1.29, 1.82) is 0 Å². The van der Waals surface area contributed by atoms with Crippen LogP contribution in [0.25, 0.3) is 0 Å². The lowest BCUT2D eigenvalue weighted by atomic mass is 10.1. The molecular weight excluding hydrogens is 440 g/mol. The predicted octanol–water partition coefficient (Wildman–Crippen LogP) is 12.4. The quantitative estimate of drug-likeness (QED) is 0.0735. The molecule has 0 atom stereocenters. The van der Waals surface area contributed by atoms with Crippen LogP contribution in [0, 0.1) is 0 Å². The van der Waals surface area contributed by atoms with Crippen molar-refractivity contribution in [3.05, 3.63) is 12.3 Å². The van der Waals surface area contributed by atoms with Gasteiger partial charge in [0, 0.05) is 13.2 Å². The molecule has 0 aromatic heterocycles. The summed E-state index contributed by atoms with van der Waals surface area (Å²) >= 11 is 0. The number of ether oxygens (including phenoxy) is 2. The van der Waals surface area contributed by atoms with Gasteiger partial charge < -0.3 is 9.47 Å². The molecule has 0 saturated heterocycles. The average Bonchev–Trinajstić information content (AvgIpc) is 2.89. The van der Waals surface area contributed by atoms with Gasteiger partial charge in [0.15, 0.2) is 0 Å². The van der Waals surface area contributed by atoms with Gasteiger partial charge in [-0.05, 0) is 26.2 Å². The first-order valence-electron chi connectivity index (χ1n) is 16.6. The molecule has 0 N–H and O–H groups in total. The van der Waals surface area contributed by atoms with Crippen LogP contribution in [-0.2, 0) is 9.47 Å². The zero-order valence-corrected chi connectivity index (χ0v) is 25.8. The Kier molecular flexibility index (Phi) is 40.8. The van der Waals surface area contributed by atoms with E-state index >= 15 is 0 Å². The minimum Gasteiger partial charge on any atom is -0.502 e. The van der Waals surface area contributed by atoms with Crippen LogP contribution in [0.15, 0.2) is 12.3 Å². The van der Waals surface area contributed by atoms with Gasteiger partial charge in [0.25, 0.3) is 0 Å². The first-order valence-corrected chi connectivity index (χ1v) is 16.6. The Balaban J connectivity index is 0. The maximum absolute atomic E-state index is 5.82. The molecule has 0 heterocycles. The first kappa shape index (κ1) is 37.7. The van der Waals surface area contributed by atoms with Crippen molar-refractivity contribution in [3.8, 4) is 0 Å². The summed E-state index contributed by atoms with van der Waals surface area (Å²) in [5.74, 6) is 0. The number of hydrogen-bond donors (Lipinski definition) is 0. The van der Waals surface area contributed by atoms with E-state index in [1.54, 1.807) is 6.26 Å². The van der Waals surface area contributed by atoms with Gasteiger partial charge in [-0.15, -0.1) is 0 Å². The second-order valence-corrected chi connectivity index (χ2v) is 10.7. The zero-order chi connectivity index (χ0) is 26.6. The molecule has 0 fully saturated rings. The van der Waals surface area contributed by atoms with Gasteiger partial charge in [0.05, 0.1) is 12.9 Å². The third-order valence-electron chi connectivity index (χ3n) is 6.84. The number of rotatable bonds is 29. The summed E-state index contributed by atoms with van der Waals surface area (Å²) in [6.45, 7) is 11.4. The number of hydrogen-bond acceptors (Lipinski definition) is 2. The normalized spacial score (nSPS) is 11.1.